The van der Waals surface area contributed by atoms with Crippen LogP contribution in [0.2, 0.25) is 0 Å². The molecule has 2 N–H and O–H groups in total. The molecule has 5 rings (SSSR count). The largest absolute Gasteiger partial charge is 0.507 e. The average molecular weight is 523 g/mol. The number of anilines is 1. The van der Waals surface area contributed by atoms with Gasteiger partial charge in [-0.25, -0.2) is 23.1 Å². The number of pyridine rings is 2. The second-order valence-corrected chi connectivity index (χ2v) is 9.53. The molecule has 11 heteroatoms. The fraction of sp³-hybridized carbons (Fsp3) is 0.333. The number of aromatic nitrogens is 4. The highest BCUT2D eigenvalue weighted by molar-refractivity contribution is 5.91. The molecule has 1 aromatic carbocycles. The van der Waals surface area contributed by atoms with Crippen LogP contribution in [0.4, 0.5) is 14.6 Å². The van der Waals surface area contributed by atoms with E-state index in [0.29, 0.717) is 36.8 Å². The number of ether oxygens (including phenoxy) is 1. The highest BCUT2D eigenvalue weighted by Gasteiger charge is 2.28. The van der Waals surface area contributed by atoms with Gasteiger partial charge >= 0.3 is 5.69 Å². The highest BCUT2D eigenvalue weighted by Crippen LogP contribution is 2.37. The van der Waals surface area contributed by atoms with E-state index in [2.05, 4.69) is 20.3 Å². The number of nitrogens with zero attached hydrogens (tertiary/aromatic N) is 5. The molecule has 1 aliphatic rings. The van der Waals surface area contributed by atoms with E-state index in [1.165, 1.54) is 29.9 Å². The van der Waals surface area contributed by atoms with Gasteiger partial charge in [-0.3, -0.25) is 4.98 Å². The van der Waals surface area contributed by atoms with Gasteiger partial charge in [0.2, 0.25) is 0 Å². The molecule has 1 saturated heterocycles. The monoisotopic (exact) mass is 522 g/mol. The molecule has 1 fully saturated rings. The third-order valence-corrected chi connectivity index (χ3v) is 6.71. The Morgan fingerprint density at radius 2 is 1.97 bits per heavy atom. The second kappa shape index (κ2) is 9.97. The third kappa shape index (κ3) is 4.22. The number of fused-ring (bicyclic) bond motifs is 1. The number of rotatable bonds is 5. The molecular weight excluding hydrogens is 494 g/mol. The van der Waals surface area contributed by atoms with Crippen LogP contribution in [0, 0.1) is 11.6 Å². The molecule has 0 amide bonds. The van der Waals surface area contributed by atoms with Crippen LogP contribution in [0.15, 0.2) is 41.3 Å². The summed E-state index contributed by atoms with van der Waals surface area (Å²) in [6.07, 6.45) is 1.57. The van der Waals surface area contributed by atoms with E-state index in [0.717, 1.165) is 6.07 Å². The van der Waals surface area contributed by atoms with Crippen molar-refractivity contribution in [2.75, 3.05) is 31.6 Å². The van der Waals surface area contributed by atoms with Crippen molar-refractivity contribution in [1.82, 2.24) is 24.8 Å². The lowest BCUT2D eigenvalue weighted by Crippen LogP contribution is -2.50. The number of piperazine rings is 1. The van der Waals surface area contributed by atoms with Crippen molar-refractivity contribution in [3.05, 3.63) is 64.3 Å². The van der Waals surface area contributed by atoms with Crippen LogP contribution in [-0.4, -0.2) is 57.4 Å². The molecule has 0 aliphatic carbocycles. The van der Waals surface area contributed by atoms with Gasteiger partial charge in [0.25, 0.3) is 0 Å². The summed E-state index contributed by atoms with van der Waals surface area (Å²) in [4.78, 5) is 29.1. The number of hydrogen-bond acceptors (Lipinski definition) is 8. The normalized spacial score (nSPS) is 15.9. The Bertz CT molecular complexity index is 1570. The van der Waals surface area contributed by atoms with Gasteiger partial charge < -0.3 is 20.1 Å². The standard InChI is InChI=1S/C27H28F2N6O3/c1-14(2)22-24(20(38-4)8-9-31-22)35-26-16(25(33-27(35)37)34-11-10-30-13-15(34)3)12-18(29)23(32-26)21-17(28)6-5-7-19(21)36/h5-9,12,14-15,30,36H,10-11,13H2,1-4H3/t15-/m0/s1. The SMILES string of the molecule is COc1ccnc(C(C)C)c1-n1c(=O)nc(N2CCNC[C@@H]2C)c2cc(F)c(-c3c(O)cccc3F)nc21. The molecule has 1 aliphatic heterocycles. The van der Waals surface area contributed by atoms with Crippen LogP contribution in [0.3, 0.4) is 0 Å². The number of benzene rings is 1. The van der Waals surface area contributed by atoms with E-state index in [-0.39, 0.29) is 28.8 Å². The zero-order valence-electron chi connectivity index (χ0n) is 21.5. The van der Waals surface area contributed by atoms with Crippen molar-refractivity contribution in [2.45, 2.75) is 32.7 Å². The van der Waals surface area contributed by atoms with Crippen LogP contribution in [0.25, 0.3) is 28.0 Å². The summed E-state index contributed by atoms with van der Waals surface area (Å²) in [6.45, 7) is 7.65. The van der Waals surface area contributed by atoms with Crippen LogP contribution >= 0.6 is 0 Å². The van der Waals surface area contributed by atoms with E-state index < -0.39 is 34.3 Å². The Morgan fingerprint density at radius 1 is 1.18 bits per heavy atom. The molecule has 3 aromatic heterocycles. The molecule has 4 heterocycles. The molecule has 1 atom stereocenters. The topological polar surface area (TPSA) is 105 Å². The van der Waals surface area contributed by atoms with Crippen molar-refractivity contribution in [3.63, 3.8) is 0 Å². The lowest BCUT2D eigenvalue weighted by atomic mass is 10.1. The minimum Gasteiger partial charge on any atom is -0.507 e. The maximum absolute atomic E-state index is 15.7. The molecule has 0 radical (unpaired) electrons. The zero-order valence-corrected chi connectivity index (χ0v) is 21.5. The Morgan fingerprint density at radius 3 is 2.66 bits per heavy atom. The van der Waals surface area contributed by atoms with E-state index in [9.17, 15) is 14.3 Å². The predicted octanol–water partition coefficient (Wildman–Crippen LogP) is 3.76. The highest BCUT2D eigenvalue weighted by atomic mass is 19.1. The van der Waals surface area contributed by atoms with Gasteiger partial charge in [-0.15, -0.1) is 0 Å². The van der Waals surface area contributed by atoms with E-state index in [1.54, 1.807) is 12.3 Å². The van der Waals surface area contributed by atoms with Gasteiger partial charge in [0.15, 0.2) is 11.5 Å². The van der Waals surface area contributed by atoms with Crippen LogP contribution in [0.1, 0.15) is 32.4 Å². The first kappa shape index (κ1) is 25.5. The number of phenolic OH excluding ortho intramolecular Hbond substituents is 1. The van der Waals surface area contributed by atoms with Crippen molar-refractivity contribution in [3.8, 4) is 28.4 Å². The molecular formula is C27H28F2N6O3. The zero-order chi connectivity index (χ0) is 27.1. The van der Waals surface area contributed by atoms with Gasteiger partial charge in [-0.1, -0.05) is 19.9 Å². The van der Waals surface area contributed by atoms with Crippen LogP contribution < -0.4 is 20.6 Å². The first-order valence-electron chi connectivity index (χ1n) is 12.3. The second-order valence-electron chi connectivity index (χ2n) is 9.53. The fourth-order valence-electron chi connectivity index (χ4n) is 4.87. The maximum atomic E-state index is 15.7. The molecule has 0 unspecified atom stereocenters. The summed E-state index contributed by atoms with van der Waals surface area (Å²) in [6, 6.07) is 6.43. The van der Waals surface area contributed by atoms with E-state index in [1.807, 2.05) is 25.7 Å². The van der Waals surface area contributed by atoms with Crippen molar-refractivity contribution in [2.24, 2.45) is 0 Å². The quantitative estimate of drug-likeness (QED) is 0.408. The predicted molar refractivity (Wildman–Crippen MR) is 140 cm³/mol. The maximum Gasteiger partial charge on any atom is 0.356 e. The van der Waals surface area contributed by atoms with Crippen molar-refractivity contribution >= 4 is 16.9 Å². The number of nitrogens with one attached hydrogen (secondary N) is 1. The number of phenols is 1. The van der Waals surface area contributed by atoms with E-state index in [4.69, 9.17) is 4.74 Å². The van der Waals surface area contributed by atoms with Crippen molar-refractivity contribution in [1.29, 1.82) is 0 Å². The Kier molecular flexibility index (Phi) is 6.70. The molecule has 0 spiro atoms. The summed E-state index contributed by atoms with van der Waals surface area (Å²) < 4.78 is 37.3. The number of aromatic hydroxyl groups is 1. The lowest BCUT2D eigenvalue weighted by molar-refractivity contribution is 0.410. The average Bonchev–Trinajstić information content (AvgIpc) is 2.89. The third-order valence-electron chi connectivity index (χ3n) is 6.71. The molecule has 0 bridgehead atoms. The summed E-state index contributed by atoms with van der Waals surface area (Å²) in [5, 5.41) is 13.9. The van der Waals surface area contributed by atoms with E-state index >= 15 is 4.39 Å². The lowest BCUT2D eigenvalue weighted by Gasteiger charge is -2.35. The first-order chi connectivity index (χ1) is 18.2. The number of hydrogen-bond donors (Lipinski definition) is 2. The summed E-state index contributed by atoms with van der Waals surface area (Å²) >= 11 is 0. The Hall–Kier alpha value is -4.12. The minimum absolute atomic E-state index is 0.0350. The Balaban J connectivity index is 1.93. The van der Waals surface area contributed by atoms with Gasteiger partial charge in [0.1, 0.15) is 34.5 Å². The smallest absolute Gasteiger partial charge is 0.356 e. The molecule has 0 saturated carbocycles. The molecule has 9 nitrogen and oxygen atoms in total. The molecule has 4 aromatic rings. The minimum atomic E-state index is -0.865. The van der Waals surface area contributed by atoms with Gasteiger partial charge in [0, 0.05) is 37.9 Å². The number of halogens is 2. The van der Waals surface area contributed by atoms with Crippen LogP contribution in [0.5, 0.6) is 11.5 Å². The summed E-state index contributed by atoms with van der Waals surface area (Å²) in [7, 11) is 1.47. The van der Waals surface area contributed by atoms with Gasteiger partial charge in [-0.05, 0) is 31.0 Å². The van der Waals surface area contributed by atoms with Crippen LogP contribution in [-0.2, 0) is 0 Å². The van der Waals surface area contributed by atoms with Gasteiger partial charge in [-0.2, -0.15) is 4.98 Å². The molecule has 198 valence electrons. The van der Waals surface area contributed by atoms with Crippen molar-refractivity contribution < 1.29 is 18.6 Å². The first-order valence-corrected chi connectivity index (χ1v) is 12.3. The summed E-state index contributed by atoms with van der Waals surface area (Å²) in [5.41, 5.74) is -0.607. The molecule has 38 heavy (non-hydrogen) atoms. The van der Waals surface area contributed by atoms with Gasteiger partial charge in [0.05, 0.1) is 23.8 Å². The summed E-state index contributed by atoms with van der Waals surface area (Å²) in [5.74, 6) is -1.69. The fourth-order valence-corrected chi connectivity index (χ4v) is 4.87. The Labute approximate surface area is 217 Å². The number of methoxy groups -OCH3 is 1.